The topological polar surface area (TPSA) is 142 Å². The molecule has 9 nitrogen and oxygen atoms in total. The highest BCUT2D eigenvalue weighted by atomic mass is 32.3. The lowest BCUT2D eigenvalue weighted by Crippen LogP contribution is -2.59. The average Bonchev–Trinajstić information content (AvgIpc) is 2.23. The smallest absolute Gasteiger partial charge is 0.388 e. The van der Waals surface area contributed by atoms with Gasteiger partial charge in [-0.3, -0.25) is 9.35 Å². The molecule has 1 aliphatic heterocycles. The Bertz CT molecular complexity index is 357. The Hall–Kier alpha value is -0.780. The van der Waals surface area contributed by atoms with Crippen LogP contribution in [0.3, 0.4) is 0 Å². The minimum Gasteiger partial charge on any atom is -0.388 e. The molecule has 1 amide bonds. The summed E-state index contributed by atoms with van der Waals surface area (Å²) >= 11 is 0. The van der Waals surface area contributed by atoms with Gasteiger partial charge in [-0.25, -0.2) is 4.18 Å². The van der Waals surface area contributed by atoms with Crippen LogP contribution in [-0.4, -0.2) is 67.2 Å². The number of aliphatic hydroxyl groups excluding tert-OH is 2. The Morgan fingerprint density at radius 3 is 2.59 bits per heavy atom. The highest BCUT2D eigenvalue weighted by Gasteiger charge is 2.38. The van der Waals surface area contributed by atoms with Gasteiger partial charge in [0.25, 0.3) is 0 Å². The van der Waals surface area contributed by atoms with E-state index in [1.54, 1.807) is 0 Å². The molecule has 1 heterocycles. The van der Waals surface area contributed by atoms with E-state index in [-0.39, 0.29) is 6.61 Å². The Morgan fingerprint density at radius 2 is 2.06 bits per heavy atom. The Balaban J connectivity index is 2.53. The van der Waals surface area contributed by atoms with Crippen LogP contribution in [0.15, 0.2) is 0 Å². The maximum Gasteiger partial charge on any atom is 0.397 e. The molecule has 100 valence electrons. The van der Waals surface area contributed by atoms with Crippen LogP contribution in [0.25, 0.3) is 0 Å². The van der Waals surface area contributed by atoms with Crippen LogP contribution in [0.2, 0.25) is 0 Å². The monoisotopic (exact) mass is 271 g/mol. The number of hydrogen-bond donors (Lipinski definition) is 4. The third kappa shape index (κ3) is 4.18. The van der Waals surface area contributed by atoms with E-state index in [4.69, 9.17) is 9.29 Å². The van der Waals surface area contributed by atoms with E-state index in [1.165, 1.54) is 0 Å². The summed E-state index contributed by atoms with van der Waals surface area (Å²) in [5.74, 6) is 0. The van der Waals surface area contributed by atoms with Gasteiger partial charge in [0.15, 0.2) is 0 Å². The van der Waals surface area contributed by atoms with Crippen molar-refractivity contribution in [1.29, 1.82) is 0 Å². The zero-order valence-electron chi connectivity index (χ0n) is 8.59. The lowest BCUT2D eigenvalue weighted by Gasteiger charge is -2.36. The first-order chi connectivity index (χ1) is 7.85. The quantitative estimate of drug-likeness (QED) is 0.307. The highest BCUT2D eigenvalue weighted by molar-refractivity contribution is 7.80. The van der Waals surface area contributed by atoms with E-state index in [0.717, 1.165) is 0 Å². The lowest BCUT2D eigenvalue weighted by atomic mass is 9.99. The first-order valence-corrected chi connectivity index (χ1v) is 6.01. The van der Waals surface area contributed by atoms with Gasteiger partial charge in [-0.2, -0.15) is 8.42 Å². The van der Waals surface area contributed by atoms with Crippen molar-refractivity contribution in [2.75, 3.05) is 13.2 Å². The molecule has 17 heavy (non-hydrogen) atoms. The molecular formula is C7H13NO8S. The Kier molecular flexibility index (Phi) is 4.80. The summed E-state index contributed by atoms with van der Waals surface area (Å²) in [6.07, 6.45) is -3.53. The molecule has 4 atom stereocenters. The average molecular weight is 271 g/mol. The molecule has 1 rings (SSSR count). The number of rotatable bonds is 5. The maximum atomic E-state index is 10.3. The fraction of sp³-hybridized carbons (Fsp3) is 0.857. The number of carbonyl (C=O) groups is 1. The van der Waals surface area contributed by atoms with Crippen LogP contribution >= 0.6 is 0 Å². The predicted octanol–water partition coefficient (Wildman–Crippen LogP) is -2.96. The van der Waals surface area contributed by atoms with E-state index in [1.807, 2.05) is 0 Å². The zero-order chi connectivity index (χ0) is 13.1. The van der Waals surface area contributed by atoms with Gasteiger partial charge < -0.3 is 20.3 Å². The van der Waals surface area contributed by atoms with Gasteiger partial charge in [0.1, 0.15) is 18.3 Å². The summed E-state index contributed by atoms with van der Waals surface area (Å²) in [7, 11) is -4.63. The molecule has 1 aliphatic rings. The first-order valence-electron chi connectivity index (χ1n) is 4.64. The van der Waals surface area contributed by atoms with Crippen molar-refractivity contribution in [1.82, 2.24) is 5.32 Å². The number of hydrogen-bond acceptors (Lipinski definition) is 7. The molecule has 0 aromatic carbocycles. The standard InChI is InChI=1S/C7H13NO8S/c9-3-8-4-1-15-5(7(11)6(4)10)2-16-17(12,13)14/h3-7,10-11H,1-2H2,(H,8,9)(H,12,13,14)/t4?,5?,6-,7+/m1/s1. The van der Waals surface area contributed by atoms with Crippen LogP contribution < -0.4 is 5.32 Å². The largest absolute Gasteiger partial charge is 0.397 e. The minimum atomic E-state index is -4.63. The summed E-state index contributed by atoms with van der Waals surface area (Å²) in [5, 5.41) is 21.3. The van der Waals surface area contributed by atoms with E-state index in [0.29, 0.717) is 6.41 Å². The van der Waals surface area contributed by atoms with Crippen LogP contribution in [0.5, 0.6) is 0 Å². The van der Waals surface area contributed by atoms with Crippen molar-refractivity contribution in [2.45, 2.75) is 24.4 Å². The molecule has 0 aromatic heterocycles. The van der Waals surface area contributed by atoms with Crippen molar-refractivity contribution in [3.63, 3.8) is 0 Å². The van der Waals surface area contributed by atoms with Gasteiger partial charge >= 0.3 is 10.4 Å². The van der Waals surface area contributed by atoms with Gasteiger partial charge in [0, 0.05) is 0 Å². The van der Waals surface area contributed by atoms with Crippen molar-refractivity contribution < 1.29 is 36.9 Å². The Morgan fingerprint density at radius 1 is 1.41 bits per heavy atom. The number of carbonyl (C=O) groups excluding carboxylic acids is 1. The van der Waals surface area contributed by atoms with Gasteiger partial charge in [-0.1, -0.05) is 0 Å². The van der Waals surface area contributed by atoms with Crippen molar-refractivity contribution in [2.24, 2.45) is 0 Å². The number of aliphatic hydroxyl groups is 2. The summed E-state index contributed by atoms with van der Waals surface area (Å²) in [6, 6.07) is -0.788. The molecule has 10 heteroatoms. The fourth-order valence-electron chi connectivity index (χ4n) is 1.42. The van der Waals surface area contributed by atoms with E-state index in [9.17, 15) is 23.4 Å². The molecule has 0 saturated carbocycles. The molecule has 0 aromatic rings. The van der Waals surface area contributed by atoms with Gasteiger partial charge in [-0.05, 0) is 0 Å². The van der Waals surface area contributed by atoms with Crippen molar-refractivity contribution in [3.8, 4) is 0 Å². The van der Waals surface area contributed by atoms with Crippen LogP contribution in [-0.2, 0) is 24.1 Å². The van der Waals surface area contributed by atoms with E-state index < -0.39 is 41.4 Å². The maximum absolute atomic E-state index is 10.3. The van der Waals surface area contributed by atoms with Gasteiger partial charge in [0.05, 0.1) is 19.3 Å². The lowest BCUT2D eigenvalue weighted by molar-refractivity contribution is -0.160. The third-order valence-electron chi connectivity index (χ3n) is 2.30. The first kappa shape index (κ1) is 14.3. The molecular weight excluding hydrogens is 258 g/mol. The third-order valence-corrected chi connectivity index (χ3v) is 2.73. The summed E-state index contributed by atoms with van der Waals surface area (Å²) < 4.78 is 37.9. The van der Waals surface area contributed by atoms with Crippen molar-refractivity contribution >= 4 is 16.8 Å². The predicted molar refractivity (Wildman–Crippen MR) is 52.2 cm³/mol. The fourth-order valence-corrected chi connectivity index (χ4v) is 1.72. The van der Waals surface area contributed by atoms with E-state index in [2.05, 4.69) is 9.50 Å². The SMILES string of the molecule is O=CNC1COC(COS(=O)(=O)O)[C@H](O)[C@@H]1O. The second-order valence-corrected chi connectivity index (χ2v) is 4.55. The molecule has 0 bridgehead atoms. The van der Waals surface area contributed by atoms with E-state index >= 15 is 0 Å². The van der Waals surface area contributed by atoms with Gasteiger partial charge in [-0.15, -0.1) is 0 Å². The zero-order valence-corrected chi connectivity index (χ0v) is 9.41. The molecule has 1 saturated heterocycles. The van der Waals surface area contributed by atoms with Crippen LogP contribution in [0.1, 0.15) is 0 Å². The van der Waals surface area contributed by atoms with Crippen LogP contribution in [0.4, 0.5) is 0 Å². The highest BCUT2D eigenvalue weighted by Crippen LogP contribution is 2.16. The van der Waals surface area contributed by atoms with Gasteiger partial charge in [0.2, 0.25) is 6.41 Å². The van der Waals surface area contributed by atoms with Crippen molar-refractivity contribution in [3.05, 3.63) is 0 Å². The Labute approximate surface area is 97.3 Å². The molecule has 0 spiro atoms. The molecule has 0 radical (unpaired) electrons. The molecule has 0 aliphatic carbocycles. The number of ether oxygens (including phenoxy) is 1. The summed E-state index contributed by atoms with van der Waals surface area (Å²) in [5.41, 5.74) is 0. The second-order valence-electron chi connectivity index (χ2n) is 3.46. The normalized spacial score (nSPS) is 34.3. The number of nitrogens with one attached hydrogen (secondary N) is 1. The molecule has 2 unspecified atom stereocenters. The van der Waals surface area contributed by atoms with Crippen LogP contribution in [0, 0.1) is 0 Å². The minimum absolute atomic E-state index is 0.115. The summed E-state index contributed by atoms with van der Waals surface area (Å²) in [6.45, 7) is -0.749. The molecule has 1 fully saturated rings. The summed E-state index contributed by atoms with van der Waals surface area (Å²) in [4.78, 5) is 10.2. The molecule has 4 N–H and O–H groups in total. The second kappa shape index (κ2) is 5.71. The number of amides is 1.